The van der Waals surface area contributed by atoms with E-state index in [9.17, 15) is 13.2 Å². The highest BCUT2D eigenvalue weighted by Gasteiger charge is 2.27. The van der Waals surface area contributed by atoms with Gasteiger partial charge in [-0.3, -0.25) is 10.1 Å². The third-order valence-electron chi connectivity index (χ3n) is 5.15. The van der Waals surface area contributed by atoms with Crippen LogP contribution in [0.5, 0.6) is 11.5 Å². The van der Waals surface area contributed by atoms with Crippen LogP contribution in [0.4, 0.5) is 5.13 Å². The van der Waals surface area contributed by atoms with Crippen molar-refractivity contribution >= 4 is 48.7 Å². The Labute approximate surface area is 190 Å². The summed E-state index contributed by atoms with van der Waals surface area (Å²) in [4.78, 5) is 17.0. The summed E-state index contributed by atoms with van der Waals surface area (Å²) in [6, 6.07) is 10.2. The summed E-state index contributed by atoms with van der Waals surface area (Å²) >= 11 is 1.23. The molecule has 10 heteroatoms. The minimum atomic E-state index is -3.50. The highest BCUT2D eigenvalue weighted by Crippen LogP contribution is 2.30. The van der Waals surface area contributed by atoms with Crippen LogP contribution in [0.2, 0.25) is 0 Å². The third-order valence-corrected chi connectivity index (χ3v) is 7.98. The number of methoxy groups -OCH3 is 2. The second-order valence-corrected chi connectivity index (χ2v) is 10.2. The SMILES string of the molecule is COc1ccc(/C=C/C(=O)Nc2nc3ccc(S(=O)(=O)N4CCCC4)cc3s2)c(OC)c1. The molecule has 0 atom stereocenters. The van der Waals surface area contributed by atoms with Crippen molar-refractivity contribution in [2.75, 3.05) is 32.6 Å². The number of benzene rings is 2. The Hall–Kier alpha value is -2.95. The molecule has 0 radical (unpaired) electrons. The van der Waals surface area contributed by atoms with Gasteiger partial charge in [0.05, 0.1) is 29.3 Å². The van der Waals surface area contributed by atoms with Gasteiger partial charge in [-0.05, 0) is 49.2 Å². The van der Waals surface area contributed by atoms with E-state index >= 15 is 0 Å². The minimum absolute atomic E-state index is 0.250. The molecule has 1 aromatic heterocycles. The standard InChI is InChI=1S/C22H23N3O5S2/c1-29-16-7-5-15(19(13-16)30-2)6-10-21(26)24-22-23-18-9-8-17(14-20(18)31-22)32(27,28)25-11-3-4-12-25/h5-10,13-14H,3-4,11-12H2,1-2H3,(H,23,24,26)/b10-6+. The fourth-order valence-corrected chi connectivity index (χ4v) is 5.99. The molecule has 0 unspecified atom stereocenters. The number of nitrogens with zero attached hydrogens (tertiary/aromatic N) is 2. The van der Waals surface area contributed by atoms with Crippen molar-refractivity contribution in [1.82, 2.24) is 9.29 Å². The molecule has 1 aliphatic rings. The number of thiazole rings is 1. The second-order valence-electron chi connectivity index (χ2n) is 7.19. The van der Waals surface area contributed by atoms with Gasteiger partial charge in [-0.2, -0.15) is 4.31 Å². The highest BCUT2D eigenvalue weighted by atomic mass is 32.2. The van der Waals surface area contributed by atoms with Crippen LogP contribution >= 0.6 is 11.3 Å². The number of amides is 1. The van der Waals surface area contributed by atoms with Crippen molar-refractivity contribution < 1.29 is 22.7 Å². The van der Waals surface area contributed by atoms with E-state index in [1.165, 1.54) is 21.7 Å². The Bertz CT molecular complexity index is 1280. The summed E-state index contributed by atoms with van der Waals surface area (Å²) in [6.07, 6.45) is 4.80. The average molecular weight is 474 g/mol. The number of nitrogens with one attached hydrogen (secondary N) is 1. The van der Waals surface area contributed by atoms with Gasteiger partial charge in [0.2, 0.25) is 15.9 Å². The number of anilines is 1. The molecule has 32 heavy (non-hydrogen) atoms. The number of hydrogen-bond acceptors (Lipinski definition) is 7. The molecule has 1 fully saturated rings. The van der Waals surface area contributed by atoms with E-state index in [1.54, 1.807) is 56.7 Å². The zero-order valence-electron chi connectivity index (χ0n) is 17.7. The first-order valence-electron chi connectivity index (χ1n) is 10.0. The molecule has 2 aromatic carbocycles. The second kappa shape index (κ2) is 9.27. The molecule has 0 aliphatic carbocycles. The summed E-state index contributed by atoms with van der Waals surface area (Å²) < 4.78 is 38.3. The summed E-state index contributed by atoms with van der Waals surface area (Å²) in [6.45, 7) is 1.10. The van der Waals surface area contributed by atoms with Gasteiger partial charge in [-0.15, -0.1) is 0 Å². The molecule has 2 heterocycles. The maximum atomic E-state index is 12.8. The van der Waals surface area contributed by atoms with Crippen LogP contribution < -0.4 is 14.8 Å². The monoisotopic (exact) mass is 473 g/mol. The van der Waals surface area contributed by atoms with Crippen molar-refractivity contribution in [1.29, 1.82) is 0 Å². The third kappa shape index (κ3) is 4.62. The van der Waals surface area contributed by atoms with Gasteiger partial charge in [0.25, 0.3) is 0 Å². The molecule has 1 N–H and O–H groups in total. The number of hydrogen-bond donors (Lipinski definition) is 1. The highest BCUT2D eigenvalue weighted by molar-refractivity contribution is 7.89. The lowest BCUT2D eigenvalue weighted by atomic mass is 10.1. The maximum Gasteiger partial charge on any atom is 0.250 e. The Morgan fingerprint density at radius 3 is 2.62 bits per heavy atom. The van der Waals surface area contributed by atoms with Gasteiger partial charge in [0.1, 0.15) is 11.5 Å². The van der Waals surface area contributed by atoms with Crippen molar-refractivity contribution in [3.8, 4) is 11.5 Å². The molecule has 0 bridgehead atoms. The normalized spacial score (nSPS) is 14.8. The van der Waals surface area contributed by atoms with Crippen molar-refractivity contribution in [3.63, 3.8) is 0 Å². The first kappa shape index (κ1) is 22.3. The summed E-state index contributed by atoms with van der Waals surface area (Å²) in [5.74, 6) is 0.885. The first-order chi connectivity index (χ1) is 15.4. The van der Waals surface area contributed by atoms with Crippen LogP contribution in [0.3, 0.4) is 0 Å². The van der Waals surface area contributed by atoms with Gasteiger partial charge < -0.3 is 9.47 Å². The van der Waals surface area contributed by atoms with Crippen LogP contribution in [-0.4, -0.2) is 50.9 Å². The number of sulfonamides is 1. The molecule has 0 spiro atoms. The predicted molar refractivity (Wildman–Crippen MR) is 125 cm³/mol. The van der Waals surface area contributed by atoms with E-state index in [2.05, 4.69) is 10.3 Å². The Balaban J connectivity index is 1.50. The quantitative estimate of drug-likeness (QED) is 0.525. The maximum absolute atomic E-state index is 12.8. The molecule has 0 saturated carbocycles. The van der Waals surface area contributed by atoms with E-state index in [4.69, 9.17) is 9.47 Å². The Morgan fingerprint density at radius 2 is 1.91 bits per heavy atom. The Morgan fingerprint density at radius 1 is 1.12 bits per heavy atom. The van der Waals surface area contributed by atoms with Gasteiger partial charge >= 0.3 is 0 Å². The number of aromatic nitrogens is 1. The average Bonchev–Trinajstić information content (AvgIpc) is 3.47. The summed E-state index contributed by atoms with van der Waals surface area (Å²) in [7, 11) is -0.385. The van der Waals surface area contributed by atoms with Crippen LogP contribution in [0.1, 0.15) is 18.4 Å². The fraction of sp³-hybridized carbons (Fsp3) is 0.273. The topological polar surface area (TPSA) is 97.8 Å². The van der Waals surface area contributed by atoms with Crippen LogP contribution in [0.25, 0.3) is 16.3 Å². The zero-order valence-corrected chi connectivity index (χ0v) is 19.3. The minimum Gasteiger partial charge on any atom is -0.497 e. The summed E-state index contributed by atoms with van der Waals surface area (Å²) in [5.41, 5.74) is 1.36. The number of carbonyl (C=O) groups excluding carboxylic acids is 1. The number of fused-ring (bicyclic) bond motifs is 1. The molecule has 1 aliphatic heterocycles. The van der Waals surface area contributed by atoms with E-state index in [0.717, 1.165) is 18.4 Å². The lowest BCUT2D eigenvalue weighted by Crippen LogP contribution is -2.27. The van der Waals surface area contributed by atoms with E-state index in [1.807, 2.05) is 0 Å². The van der Waals surface area contributed by atoms with E-state index in [0.29, 0.717) is 39.9 Å². The number of rotatable bonds is 7. The molecular formula is C22H23N3O5S2. The lowest BCUT2D eigenvalue weighted by Gasteiger charge is -2.15. The molecule has 168 valence electrons. The lowest BCUT2D eigenvalue weighted by molar-refractivity contribution is -0.111. The van der Waals surface area contributed by atoms with Crippen molar-refractivity contribution in [2.24, 2.45) is 0 Å². The van der Waals surface area contributed by atoms with Gasteiger partial charge in [-0.1, -0.05) is 11.3 Å². The molecular weight excluding hydrogens is 450 g/mol. The summed E-state index contributed by atoms with van der Waals surface area (Å²) in [5, 5.41) is 3.13. The number of ether oxygens (including phenoxy) is 2. The first-order valence-corrected chi connectivity index (χ1v) is 12.3. The van der Waals surface area contributed by atoms with Gasteiger partial charge in [0.15, 0.2) is 5.13 Å². The van der Waals surface area contributed by atoms with Crippen molar-refractivity contribution in [3.05, 3.63) is 48.0 Å². The van der Waals surface area contributed by atoms with Gasteiger partial charge in [0, 0.05) is 30.8 Å². The smallest absolute Gasteiger partial charge is 0.250 e. The molecule has 3 aromatic rings. The van der Waals surface area contributed by atoms with E-state index in [-0.39, 0.29) is 10.8 Å². The fourth-order valence-electron chi connectivity index (χ4n) is 3.47. The van der Waals surface area contributed by atoms with Gasteiger partial charge in [-0.25, -0.2) is 13.4 Å². The van der Waals surface area contributed by atoms with Crippen LogP contribution in [-0.2, 0) is 14.8 Å². The molecule has 1 amide bonds. The predicted octanol–water partition coefficient (Wildman–Crippen LogP) is 3.75. The number of carbonyl (C=O) groups is 1. The molecule has 4 rings (SSSR count). The van der Waals surface area contributed by atoms with Crippen molar-refractivity contribution in [2.45, 2.75) is 17.7 Å². The molecule has 8 nitrogen and oxygen atoms in total. The Kier molecular flexibility index (Phi) is 6.45. The largest absolute Gasteiger partial charge is 0.497 e. The van der Waals surface area contributed by atoms with E-state index < -0.39 is 10.0 Å². The van der Waals surface area contributed by atoms with Crippen LogP contribution in [0.15, 0.2) is 47.4 Å². The zero-order chi connectivity index (χ0) is 22.7. The van der Waals surface area contributed by atoms with Crippen LogP contribution in [0, 0.1) is 0 Å². The molecule has 1 saturated heterocycles.